The van der Waals surface area contributed by atoms with Gasteiger partial charge < -0.3 is 15.1 Å². The summed E-state index contributed by atoms with van der Waals surface area (Å²) in [4.78, 5) is 14.3. The Balaban J connectivity index is 1.36. The summed E-state index contributed by atoms with van der Waals surface area (Å²) in [5.41, 5.74) is 2.64. The van der Waals surface area contributed by atoms with Crippen molar-refractivity contribution in [2.24, 2.45) is 0 Å². The highest BCUT2D eigenvalue weighted by atomic mass is 15.2. The van der Waals surface area contributed by atoms with Crippen LogP contribution in [0.3, 0.4) is 0 Å². The predicted molar refractivity (Wildman–Crippen MR) is 88.2 cm³/mol. The molecule has 0 radical (unpaired) electrons. The number of aromatic nitrogens is 2. The highest BCUT2D eigenvalue weighted by Gasteiger charge is 2.25. The molecular weight excluding hydrogens is 274 g/mol. The molecule has 1 aromatic heterocycles. The third-order valence-corrected chi connectivity index (χ3v) is 5.23. The van der Waals surface area contributed by atoms with E-state index in [1.54, 1.807) is 6.33 Å². The van der Waals surface area contributed by atoms with Gasteiger partial charge in [0.05, 0.1) is 5.69 Å². The summed E-state index contributed by atoms with van der Waals surface area (Å²) >= 11 is 0. The minimum Gasteiger partial charge on any atom is -0.367 e. The number of hydrogen-bond acceptors (Lipinski definition) is 5. The van der Waals surface area contributed by atoms with Crippen molar-refractivity contribution in [3.63, 3.8) is 0 Å². The maximum Gasteiger partial charge on any atom is 0.133 e. The Hall–Kier alpha value is -1.20. The molecule has 22 heavy (non-hydrogen) atoms. The largest absolute Gasteiger partial charge is 0.367 e. The number of hydrogen-bond donors (Lipinski definition) is 1. The smallest absolute Gasteiger partial charge is 0.133 e. The molecule has 2 aliphatic heterocycles. The summed E-state index contributed by atoms with van der Waals surface area (Å²) in [6.07, 6.45) is 9.25. The van der Waals surface area contributed by atoms with Gasteiger partial charge in [0.1, 0.15) is 12.1 Å². The Labute approximate surface area is 133 Å². The fourth-order valence-corrected chi connectivity index (χ4v) is 3.63. The molecule has 0 atom stereocenters. The van der Waals surface area contributed by atoms with E-state index in [9.17, 15) is 0 Å². The first-order valence-electron chi connectivity index (χ1n) is 8.92. The molecule has 1 saturated heterocycles. The van der Waals surface area contributed by atoms with Crippen molar-refractivity contribution >= 4 is 5.82 Å². The summed E-state index contributed by atoms with van der Waals surface area (Å²) in [7, 11) is 0. The van der Waals surface area contributed by atoms with Crippen molar-refractivity contribution < 1.29 is 0 Å². The van der Waals surface area contributed by atoms with Crippen LogP contribution in [-0.2, 0) is 12.8 Å². The second kappa shape index (κ2) is 6.50. The molecule has 3 aliphatic rings. The normalized spacial score (nSPS) is 23.3. The molecule has 4 rings (SSSR count). The highest BCUT2D eigenvalue weighted by molar-refractivity contribution is 5.48. The predicted octanol–water partition coefficient (Wildman–Crippen LogP) is 1.55. The average Bonchev–Trinajstić information content (AvgIpc) is 3.24. The van der Waals surface area contributed by atoms with Crippen LogP contribution >= 0.6 is 0 Å². The van der Waals surface area contributed by atoms with Crippen molar-refractivity contribution in [2.75, 3.05) is 44.6 Å². The molecule has 1 aliphatic carbocycles. The molecule has 0 spiro atoms. The first kappa shape index (κ1) is 14.4. The highest BCUT2D eigenvalue weighted by Crippen LogP contribution is 2.27. The Morgan fingerprint density at radius 3 is 2.45 bits per heavy atom. The van der Waals surface area contributed by atoms with Gasteiger partial charge in [0.2, 0.25) is 0 Å². The zero-order chi connectivity index (χ0) is 14.8. The minimum atomic E-state index is 0.661. The molecule has 0 amide bonds. The Bertz CT molecular complexity index is 508. The standard InChI is InChI=1S/C17H27N5/c1-2-8-21(7-1)11-12-22-9-5-15-16(6-10-22)18-13-19-17(15)20-14-3-4-14/h13-14H,1-12H2,(H,18,19,20). The van der Waals surface area contributed by atoms with Crippen molar-refractivity contribution in [2.45, 2.75) is 44.6 Å². The average molecular weight is 301 g/mol. The van der Waals surface area contributed by atoms with E-state index < -0.39 is 0 Å². The van der Waals surface area contributed by atoms with Crippen molar-refractivity contribution in [3.8, 4) is 0 Å². The molecular formula is C17H27N5. The lowest BCUT2D eigenvalue weighted by molar-refractivity contribution is 0.232. The lowest BCUT2D eigenvalue weighted by Crippen LogP contribution is -2.35. The lowest BCUT2D eigenvalue weighted by atomic mass is 10.1. The van der Waals surface area contributed by atoms with Gasteiger partial charge in [-0.1, -0.05) is 0 Å². The van der Waals surface area contributed by atoms with Crippen LogP contribution in [0.2, 0.25) is 0 Å². The summed E-state index contributed by atoms with van der Waals surface area (Å²) in [5.74, 6) is 1.11. The van der Waals surface area contributed by atoms with Crippen molar-refractivity contribution in [1.82, 2.24) is 19.8 Å². The zero-order valence-corrected chi connectivity index (χ0v) is 13.4. The van der Waals surface area contributed by atoms with Crippen LogP contribution in [0.15, 0.2) is 6.33 Å². The summed E-state index contributed by atoms with van der Waals surface area (Å²) < 4.78 is 0. The molecule has 0 aromatic carbocycles. The zero-order valence-electron chi connectivity index (χ0n) is 13.4. The fraction of sp³-hybridized carbons (Fsp3) is 0.765. The second-order valence-corrected chi connectivity index (χ2v) is 6.96. The van der Waals surface area contributed by atoms with Crippen LogP contribution in [0.25, 0.3) is 0 Å². The van der Waals surface area contributed by atoms with Gasteiger partial charge in [0.15, 0.2) is 0 Å². The molecule has 120 valence electrons. The Kier molecular flexibility index (Phi) is 4.26. The molecule has 3 heterocycles. The van der Waals surface area contributed by atoms with Gasteiger partial charge in [-0.15, -0.1) is 0 Å². The lowest BCUT2D eigenvalue weighted by Gasteiger charge is -2.23. The summed E-state index contributed by atoms with van der Waals surface area (Å²) in [6.45, 7) is 7.32. The molecule has 5 nitrogen and oxygen atoms in total. The van der Waals surface area contributed by atoms with Crippen LogP contribution in [0.5, 0.6) is 0 Å². The maximum absolute atomic E-state index is 4.55. The van der Waals surface area contributed by atoms with E-state index in [-0.39, 0.29) is 0 Å². The molecule has 1 saturated carbocycles. The molecule has 2 fully saturated rings. The summed E-state index contributed by atoms with van der Waals surface area (Å²) in [5, 5.41) is 3.59. The third-order valence-electron chi connectivity index (χ3n) is 5.23. The van der Waals surface area contributed by atoms with E-state index in [0.29, 0.717) is 6.04 Å². The van der Waals surface area contributed by atoms with Crippen LogP contribution in [-0.4, -0.2) is 65.1 Å². The van der Waals surface area contributed by atoms with Gasteiger partial charge in [-0.2, -0.15) is 0 Å². The quantitative estimate of drug-likeness (QED) is 0.894. The Morgan fingerprint density at radius 2 is 1.68 bits per heavy atom. The number of rotatable bonds is 5. The van der Waals surface area contributed by atoms with Gasteiger partial charge in [0.25, 0.3) is 0 Å². The van der Waals surface area contributed by atoms with E-state index >= 15 is 0 Å². The fourth-order valence-electron chi connectivity index (χ4n) is 3.63. The van der Waals surface area contributed by atoms with Crippen molar-refractivity contribution in [3.05, 3.63) is 17.6 Å². The van der Waals surface area contributed by atoms with Crippen LogP contribution in [0.1, 0.15) is 36.9 Å². The van der Waals surface area contributed by atoms with Gasteiger partial charge >= 0.3 is 0 Å². The summed E-state index contributed by atoms with van der Waals surface area (Å²) in [6, 6.07) is 0.661. The van der Waals surface area contributed by atoms with Crippen LogP contribution in [0.4, 0.5) is 5.82 Å². The second-order valence-electron chi connectivity index (χ2n) is 6.96. The molecule has 0 unspecified atom stereocenters. The first-order valence-corrected chi connectivity index (χ1v) is 8.92. The maximum atomic E-state index is 4.55. The van der Waals surface area contributed by atoms with E-state index in [0.717, 1.165) is 31.7 Å². The number of fused-ring (bicyclic) bond motifs is 1. The first-order chi connectivity index (χ1) is 10.9. The molecule has 1 N–H and O–H groups in total. The molecule has 1 aromatic rings. The van der Waals surface area contributed by atoms with Crippen LogP contribution < -0.4 is 5.32 Å². The SMILES string of the molecule is c1nc2c(c(NC3CC3)n1)CCN(CCN1CCCC1)CC2. The van der Waals surface area contributed by atoms with Gasteiger partial charge in [-0.25, -0.2) is 9.97 Å². The topological polar surface area (TPSA) is 44.3 Å². The van der Waals surface area contributed by atoms with E-state index in [2.05, 4.69) is 25.1 Å². The number of nitrogens with zero attached hydrogens (tertiary/aromatic N) is 4. The van der Waals surface area contributed by atoms with E-state index in [1.807, 2.05) is 0 Å². The number of anilines is 1. The molecule has 5 heteroatoms. The van der Waals surface area contributed by atoms with Crippen molar-refractivity contribution in [1.29, 1.82) is 0 Å². The van der Waals surface area contributed by atoms with Gasteiger partial charge in [-0.05, 0) is 45.2 Å². The monoisotopic (exact) mass is 301 g/mol. The van der Waals surface area contributed by atoms with Gasteiger partial charge in [0, 0.05) is 44.2 Å². The van der Waals surface area contributed by atoms with Crippen LogP contribution in [0, 0.1) is 0 Å². The third kappa shape index (κ3) is 3.41. The Morgan fingerprint density at radius 1 is 0.955 bits per heavy atom. The number of likely N-dealkylation sites (tertiary alicyclic amines) is 1. The van der Waals surface area contributed by atoms with E-state index in [4.69, 9.17) is 0 Å². The minimum absolute atomic E-state index is 0.661. The van der Waals surface area contributed by atoms with Gasteiger partial charge in [-0.3, -0.25) is 0 Å². The number of nitrogens with one attached hydrogen (secondary N) is 1. The molecule has 0 bridgehead atoms. The van der Waals surface area contributed by atoms with E-state index in [1.165, 1.54) is 63.1 Å².